The van der Waals surface area contributed by atoms with Crippen LogP contribution in [0.5, 0.6) is 0 Å². The van der Waals surface area contributed by atoms with Crippen molar-refractivity contribution in [1.82, 2.24) is 0 Å². The summed E-state index contributed by atoms with van der Waals surface area (Å²) in [6.07, 6.45) is 87.1. The molecular formula is C71H130NO8P. The first kappa shape index (κ1) is 78.5. The van der Waals surface area contributed by atoms with Crippen LogP contribution in [-0.2, 0) is 32.7 Å². The van der Waals surface area contributed by atoms with Gasteiger partial charge in [-0.2, -0.15) is 0 Å². The molecular weight excluding hydrogens is 1030 g/mol. The van der Waals surface area contributed by atoms with Gasteiger partial charge in [0.15, 0.2) is 6.10 Å². The van der Waals surface area contributed by atoms with Crippen molar-refractivity contribution in [2.75, 3.05) is 26.4 Å². The molecule has 0 saturated heterocycles. The number of phosphoric acid groups is 1. The van der Waals surface area contributed by atoms with Crippen LogP contribution < -0.4 is 5.73 Å². The average Bonchev–Trinajstić information content (AvgIpc) is 3.46. The fraction of sp³-hybridized carbons (Fsp3) is 0.803. The van der Waals surface area contributed by atoms with Crippen molar-refractivity contribution in [3.8, 4) is 0 Å². The van der Waals surface area contributed by atoms with E-state index in [0.717, 1.165) is 70.6 Å². The molecule has 0 radical (unpaired) electrons. The second-order valence-electron chi connectivity index (χ2n) is 23.0. The number of hydrogen-bond acceptors (Lipinski definition) is 8. The van der Waals surface area contributed by atoms with E-state index in [1.807, 2.05) is 0 Å². The Morgan fingerprint density at radius 1 is 0.383 bits per heavy atom. The summed E-state index contributed by atoms with van der Waals surface area (Å²) in [4.78, 5) is 35.3. The van der Waals surface area contributed by atoms with Gasteiger partial charge in [-0.25, -0.2) is 4.57 Å². The Morgan fingerprint density at radius 2 is 0.679 bits per heavy atom. The third kappa shape index (κ3) is 66.5. The number of nitrogens with two attached hydrogens (primary N) is 1. The van der Waals surface area contributed by atoms with Crippen molar-refractivity contribution in [3.05, 3.63) is 72.9 Å². The van der Waals surface area contributed by atoms with E-state index in [9.17, 15) is 19.0 Å². The summed E-state index contributed by atoms with van der Waals surface area (Å²) in [5.74, 6) is -0.809. The number of hydrogen-bond donors (Lipinski definition) is 2. The van der Waals surface area contributed by atoms with E-state index in [2.05, 4.69) is 86.8 Å². The van der Waals surface area contributed by atoms with Crippen LogP contribution in [0.1, 0.15) is 335 Å². The molecule has 472 valence electrons. The Hall–Kier alpha value is -2.55. The summed E-state index contributed by atoms with van der Waals surface area (Å²) in [5.41, 5.74) is 5.40. The number of rotatable bonds is 65. The van der Waals surface area contributed by atoms with Gasteiger partial charge in [-0.1, -0.05) is 331 Å². The highest BCUT2D eigenvalue weighted by Crippen LogP contribution is 2.43. The Labute approximate surface area is 501 Å². The second-order valence-corrected chi connectivity index (χ2v) is 24.5. The van der Waals surface area contributed by atoms with Gasteiger partial charge in [0.2, 0.25) is 0 Å². The molecule has 0 saturated carbocycles. The van der Waals surface area contributed by atoms with Gasteiger partial charge >= 0.3 is 19.8 Å². The molecule has 0 aliphatic rings. The van der Waals surface area contributed by atoms with Crippen molar-refractivity contribution >= 4 is 19.8 Å². The maximum Gasteiger partial charge on any atom is 0.472 e. The van der Waals surface area contributed by atoms with E-state index in [4.69, 9.17) is 24.3 Å². The molecule has 0 aliphatic carbocycles. The molecule has 0 fully saturated rings. The zero-order chi connectivity index (χ0) is 58.7. The molecule has 0 heterocycles. The molecule has 0 amide bonds. The standard InChI is InChI=1S/C71H130NO8P/c1-3-5-7-9-11-13-15-17-19-21-23-25-26-27-28-29-30-31-32-33-34-35-36-37-38-39-40-41-42-44-46-48-50-52-54-56-58-60-62-64-71(74)80-69(68-79-81(75,76)78-66-65-72)67-77-70(73)63-61-59-57-55-53-51-49-47-45-43-24-22-20-18-16-14-12-10-8-6-4-2/h5,7,11,13,17,19,23,25,27-28,30-31,69H,3-4,6,8-10,12,14-16,18,20-22,24,26,29,32-68,72H2,1-2H3,(H,75,76)/b7-5-,13-11-,19-17-,25-23-,28-27-,31-30-. The van der Waals surface area contributed by atoms with Gasteiger partial charge in [0, 0.05) is 19.4 Å². The number of esters is 2. The minimum atomic E-state index is -4.39. The average molecular weight is 1160 g/mol. The van der Waals surface area contributed by atoms with Crippen LogP contribution in [0.2, 0.25) is 0 Å². The maximum absolute atomic E-state index is 12.8. The molecule has 2 unspecified atom stereocenters. The summed E-state index contributed by atoms with van der Waals surface area (Å²) in [6.45, 7) is 3.69. The van der Waals surface area contributed by atoms with E-state index in [1.54, 1.807) is 0 Å². The van der Waals surface area contributed by atoms with Gasteiger partial charge in [0.25, 0.3) is 0 Å². The highest BCUT2D eigenvalue weighted by atomic mass is 31.2. The molecule has 0 rings (SSSR count). The molecule has 0 aromatic carbocycles. The Kier molecular flexibility index (Phi) is 64.5. The topological polar surface area (TPSA) is 134 Å². The summed E-state index contributed by atoms with van der Waals surface area (Å²) in [6, 6.07) is 0. The van der Waals surface area contributed by atoms with Crippen molar-refractivity contribution in [3.63, 3.8) is 0 Å². The minimum absolute atomic E-state index is 0.0549. The van der Waals surface area contributed by atoms with Gasteiger partial charge in [-0.15, -0.1) is 0 Å². The lowest BCUT2D eigenvalue weighted by Crippen LogP contribution is -2.29. The third-order valence-electron chi connectivity index (χ3n) is 15.1. The van der Waals surface area contributed by atoms with Gasteiger partial charge in [-0.3, -0.25) is 18.6 Å². The van der Waals surface area contributed by atoms with E-state index < -0.39 is 26.5 Å². The molecule has 81 heavy (non-hydrogen) atoms. The predicted molar refractivity (Wildman–Crippen MR) is 349 cm³/mol. The van der Waals surface area contributed by atoms with Gasteiger partial charge in [-0.05, 0) is 64.2 Å². The Morgan fingerprint density at radius 3 is 1.01 bits per heavy atom. The Balaban J connectivity index is 3.81. The zero-order valence-corrected chi connectivity index (χ0v) is 53.9. The normalized spacial score (nSPS) is 13.4. The largest absolute Gasteiger partial charge is 0.472 e. The molecule has 10 heteroatoms. The van der Waals surface area contributed by atoms with Crippen molar-refractivity contribution in [2.24, 2.45) is 5.73 Å². The number of allylic oxidation sites excluding steroid dienone is 12. The van der Waals surface area contributed by atoms with Crippen molar-refractivity contribution < 1.29 is 37.6 Å². The number of ether oxygens (including phenoxy) is 2. The third-order valence-corrected chi connectivity index (χ3v) is 16.1. The number of carbonyl (C=O) groups excluding carboxylic acids is 2. The first-order valence-corrected chi connectivity index (χ1v) is 35.9. The van der Waals surface area contributed by atoms with Gasteiger partial charge < -0.3 is 20.1 Å². The van der Waals surface area contributed by atoms with E-state index in [0.29, 0.717) is 6.42 Å². The first-order valence-electron chi connectivity index (χ1n) is 34.4. The molecule has 0 aromatic rings. The lowest BCUT2D eigenvalue weighted by molar-refractivity contribution is -0.161. The molecule has 2 atom stereocenters. The van der Waals surface area contributed by atoms with Crippen LogP contribution in [0.25, 0.3) is 0 Å². The van der Waals surface area contributed by atoms with Crippen LogP contribution in [0.4, 0.5) is 0 Å². The Bertz CT molecular complexity index is 1560. The minimum Gasteiger partial charge on any atom is -0.462 e. The SMILES string of the molecule is CC/C=C\C/C=C\C/C=C\C/C=C\C/C=C\C/C=C\CCCCCCCCCCCCCCCCCCCCCCC(=O)OC(COC(=O)CCCCCCCCCCCCCCCCCCCCCCC)COP(=O)(O)OCCN. The number of phosphoric ester groups is 1. The van der Waals surface area contributed by atoms with Crippen molar-refractivity contribution in [2.45, 2.75) is 341 Å². The molecule has 0 aromatic heterocycles. The monoisotopic (exact) mass is 1160 g/mol. The van der Waals surface area contributed by atoms with Crippen molar-refractivity contribution in [1.29, 1.82) is 0 Å². The van der Waals surface area contributed by atoms with E-state index in [1.165, 1.54) is 231 Å². The summed E-state index contributed by atoms with van der Waals surface area (Å²) >= 11 is 0. The highest BCUT2D eigenvalue weighted by Gasteiger charge is 2.26. The molecule has 0 spiro atoms. The summed E-state index contributed by atoms with van der Waals surface area (Å²) in [5, 5.41) is 0. The van der Waals surface area contributed by atoms with Gasteiger partial charge in [0.1, 0.15) is 6.61 Å². The van der Waals surface area contributed by atoms with Crippen LogP contribution in [0.15, 0.2) is 72.9 Å². The van der Waals surface area contributed by atoms with Crippen LogP contribution in [-0.4, -0.2) is 49.3 Å². The molecule has 3 N–H and O–H groups in total. The fourth-order valence-electron chi connectivity index (χ4n) is 10.1. The summed E-state index contributed by atoms with van der Waals surface area (Å²) < 4.78 is 33.2. The smallest absolute Gasteiger partial charge is 0.462 e. The number of unbranched alkanes of at least 4 members (excludes halogenated alkanes) is 40. The van der Waals surface area contributed by atoms with Gasteiger partial charge in [0.05, 0.1) is 13.2 Å². The predicted octanol–water partition coefficient (Wildman–Crippen LogP) is 22.4. The lowest BCUT2D eigenvalue weighted by Gasteiger charge is -2.19. The molecule has 0 bridgehead atoms. The number of carbonyl (C=O) groups is 2. The fourth-order valence-corrected chi connectivity index (χ4v) is 10.8. The maximum atomic E-state index is 12.8. The van der Waals surface area contributed by atoms with Crippen LogP contribution >= 0.6 is 7.82 Å². The zero-order valence-electron chi connectivity index (χ0n) is 53.0. The first-order chi connectivity index (χ1) is 39.8. The summed E-state index contributed by atoms with van der Waals surface area (Å²) in [7, 11) is -4.39. The molecule has 0 aliphatic heterocycles. The molecule has 9 nitrogen and oxygen atoms in total. The second kappa shape index (κ2) is 66.6. The van der Waals surface area contributed by atoms with E-state index in [-0.39, 0.29) is 38.6 Å². The highest BCUT2D eigenvalue weighted by molar-refractivity contribution is 7.47. The quantitative estimate of drug-likeness (QED) is 0.0264. The van der Waals surface area contributed by atoms with E-state index >= 15 is 0 Å². The lowest BCUT2D eigenvalue weighted by atomic mass is 10.0. The van der Waals surface area contributed by atoms with Crippen LogP contribution in [0.3, 0.4) is 0 Å². The van der Waals surface area contributed by atoms with Crippen LogP contribution in [0, 0.1) is 0 Å².